The average Bonchev–Trinajstić information content (AvgIpc) is 3.60. The molecule has 60 heavy (non-hydrogen) atoms. The van der Waals surface area contributed by atoms with Crippen molar-refractivity contribution in [2.24, 2.45) is 0 Å². The largest absolute Gasteiger partial charge is 0.457 e. The number of aliphatic hydroxyl groups excluding tert-OH is 1. The lowest BCUT2D eigenvalue weighted by Gasteiger charge is -2.34. The number of imide groups is 1. The van der Waals surface area contributed by atoms with Crippen LogP contribution in [0.15, 0.2) is 79.1 Å². The van der Waals surface area contributed by atoms with Gasteiger partial charge in [-0.1, -0.05) is 48.5 Å². The number of nitrogens with one attached hydrogen (secondary N) is 2. The molecule has 15 heteroatoms. The first-order chi connectivity index (χ1) is 29.0. The molecule has 0 radical (unpaired) electrons. The maximum Gasteiger partial charge on any atom is 0.390 e. The van der Waals surface area contributed by atoms with Crippen LogP contribution < -0.4 is 15.4 Å². The Kier molecular flexibility index (Phi) is 12.8. The molecule has 3 N–H and O–H groups in total. The Balaban J connectivity index is 0.795. The lowest BCUT2D eigenvalue weighted by Crippen LogP contribution is -2.46. The summed E-state index contributed by atoms with van der Waals surface area (Å²) >= 11 is 0. The highest BCUT2D eigenvalue weighted by Crippen LogP contribution is 2.37. The molecule has 1 saturated heterocycles. The summed E-state index contributed by atoms with van der Waals surface area (Å²) in [4.78, 5) is 38.2. The van der Waals surface area contributed by atoms with Crippen molar-refractivity contribution in [3.63, 3.8) is 0 Å². The van der Waals surface area contributed by atoms with Crippen LogP contribution >= 0.6 is 0 Å². The van der Waals surface area contributed by atoms with Gasteiger partial charge in [-0.15, -0.1) is 0 Å². The number of aromatic nitrogens is 3. The highest BCUT2D eigenvalue weighted by Gasteiger charge is 2.28. The van der Waals surface area contributed by atoms with Crippen molar-refractivity contribution in [1.82, 2.24) is 29.7 Å². The molecule has 0 spiro atoms. The molecule has 1 aliphatic carbocycles. The third-order valence-corrected chi connectivity index (χ3v) is 11.6. The number of carbonyl (C=O) groups excluding carboxylic acids is 2. The monoisotopic (exact) mass is 825 g/mol. The normalized spacial score (nSPS) is 19.0. The number of halogens is 3. The minimum atomic E-state index is -4.26. The zero-order valence-electron chi connectivity index (χ0n) is 33.4. The number of ether oxygens (including phenoxy) is 2. The van der Waals surface area contributed by atoms with Crippen molar-refractivity contribution in [1.29, 1.82) is 0 Å². The van der Waals surface area contributed by atoms with Crippen LogP contribution in [-0.4, -0.2) is 106 Å². The van der Waals surface area contributed by atoms with E-state index in [2.05, 4.69) is 65.4 Å². The van der Waals surface area contributed by atoms with Crippen LogP contribution in [0.1, 0.15) is 65.2 Å². The van der Waals surface area contributed by atoms with E-state index >= 15 is 0 Å². The SMILES string of the molecule is O=C1Cc2cccc(Oc3cccc(CCOCCN4CCN(Cc5ccc(-c6cn([C@H]7CC[C@H](O)CC7)c7nc(NCCC(F)(F)F)ncc67)cc5)CC4)c3)c2C(=O)N1. The first-order valence-electron chi connectivity index (χ1n) is 20.8. The minimum Gasteiger partial charge on any atom is -0.457 e. The molecule has 12 nitrogen and oxygen atoms in total. The van der Waals surface area contributed by atoms with E-state index in [0.717, 1.165) is 80.6 Å². The van der Waals surface area contributed by atoms with Crippen LogP contribution in [0.2, 0.25) is 0 Å². The summed E-state index contributed by atoms with van der Waals surface area (Å²) in [6, 6.07) is 21.7. The zero-order valence-corrected chi connectivity index (χ0v) is 33.4. The maximum absolute atomic E-state index is 12.8. The summed E-state index contributed by atoms with van der Waals surface area (Å²) in [6.45, 7) is 6.45. The van der Waals surface area contributed by atoms with E-state index in [1.807, 2.05) is 24.3 Å². The van der Waals surface area contributed by atoms with Gasteiger partial charge in [0, 0.05) is 75.2 Å². The van der Waals surface area contributed by atoms with Crippen LogP contribution in [0.25, 0.3) is 22.2 Å². The fourth-order valence-electron chi connectivity index (χ4n) is 8.34. The maximum atomic E-state index is 12.8. The number of piperazine rings is 1. The highest BCUT2D eigenvalue weighted by molar-refractivity contribution is 6.11. The highest BCUT2D eigenvalue weighted by atomic mass is 19.4. The van der Waals surface area contributed by atoms with Gasteiger partial charge in [0.2, 0.25) is 11.9 Å². The van der Waals surface area contributed by atoms with E-state index < -0.39 is 18.5 Å². The van der Waals surface area contributed by atoms with Gasteiger partial charge in [0.25, 0.3) is 5.91 Å². The van der Waals surface area contributed by atoms with E-state index in [-0.39, 0.29) is 37.0 Å². The van der Waals surface area contributed by atoms with Crippen LogP contribution in [0.5, 0.6) is 11.5 Å². The van der Waals surface area contributed by atoms with Crippen molar-refractivity contribution in [2.75, 3.05) is 57.8 Å². The van der Waals surface area contributed by atoms with Gasteiger partial charge < -0.3 is 24.5 Å². The van der Waals surface area contributed by atoms with E-state index in [1.54, 1.807) is 24.4 Å². The molecular formula is C45H50F3N7O5. The molecular weight excluding hydrogens is 776 g/mol. The third kappa shape index (κ3) is 10.3. The van der Waals surface area contributed by atoms with Crippen LogP contribution in [0.4, 0.5) is 19.1 Å². The molecule has 4 heterocycles. The summed E-state index contributed by atoms with van der Waals surface area (Å²) in [6.07, 6.45) is 2.09. The lowest BCUT2D eigenvalue weighted by atomic mass is 9.93. The molecule has 2 aliphatic heterocycles. The summed E-state index contributed by atoms with van der Waals surface area (Å²) in [5.74, 6) is 0.458. The topological polar surface area (TPSA) is 134 Å². The Labute approximate surface area is 346 Å². The van der Waals surface area contributed by atoms with Crippen LogP contribution in [0, 0.1) is 0 Å². The summed E-state index contributed by atoms with van der Waals surface area (Å²) in [7, 11) is 0. The third-order valence-electron chi connectivity index (χ3n) is 11.6. The molecule has 5 aromatic rings. The number of nitrogens with zero attached hydrogens (tertiary/aromatic N) is 5. The minimum absolute atomic E-state index is 0.131. The molecule has 0 unspecified atom stereocenters. The molecule has 0 bridgehead atoms. The lowest BCUT2D eigenvalue weighted by molar-refractivity contribution is -0.131. The van der Waals surface area contributed by atoms with Gasteiger partial charge in [-0.05, 0) is 72.6 Å². The Morgan fingerprint density at radius 2 is 1.67 bits per heavy atom. The number of aliphatic hydroxyl groups is 1. The second kappa shape index (κ2) is 18.5. The average molecular weight is 826 g/mol. The number of hydrogen-bond donors (Lipinski definition) is 3. The van der Waals surface area contributed by atoms with Gasteiger partial charge >= 0.3 is 6.18 Å². The van der Waals surface area contributed by atoms with Crippen LogP contribution in [0.3, 0.4) is 0 Å². The van der Waals surface area contributed by atoms with E-state index in [0.29, 0.717) is 54.3 Å². The smallest absolute Gasteiger partial charge is 0.390 e. The number of carbonyl (C=O) groups is 2. The van der Waals surface area contributed by atoms with Gasteiger partial charge in [0.05, 0.1) is 37.7 Å². The number of hydrogen-bond acceptors (Lipinski definition) is 10. The Morgan fingerprint density at radius 1 is 0.900 bits per heavy atom. The van der Waals surface area contributed by atoms with Crippen LogP contribution in [-0.2, 0) is 28.9 Å². The zero-order chi connectivity index (χ0) is 41.6. The predicted octanol–water partition coefficient (Wildman–Crippen LogP) is 6.92. The van der Waals surface area contributed by atoms with Crippen molar-refractivity contribution in [3.05, 3.63) is 101 Å². The van der Waals surface area contributed by atoms with E-state index in [1.165, 1.54) is 5.56 Å². The van der Waals surface area contributed by atoms with E-state index in [9.17, 15) is 27.9 Å². The summed E-state index contributed by atoms with van der Waals surface area (Å²) < 4.78 is 52.6. The van der Waals surface area contributed by atoms with Crippen molar-refractivity contribution >= 4 is 28.8 Å². The molecule has 316 valence electrons. The van der Waals surface area contributed by atoms with Crippen molar-refractivity contribution < 1.29 is 37.3 Å². The first kappa shape index (κ1) is 41.4. The predicted molar refractivity (Wildman–Crippen MR) is 221 cm³/mol. The number of rotatable bonds is 15. The molecule has 2 fully saturated rings. The molecule has 1 saturated carbocycles. The number of benzene rings is 3. The fourth-order valence-corrected chi connectivity index (χ4v) is 8.34. The standard InChI is InChI=1S/C45H50F3N7O5/c46-45(47,48)16-17-49-44-50-27-37-38(29-55(42(37)52-44)34-11-13-35(56)14-12-34)32-9-7-31(8-10-32)28-54-20-18-53(19-21-54)22-24-59-23-15-30-3-1-5-36(25-30)60-39-6-2-4-33-26-40(57)51-43(58)41(33)39/h1-10,25,27,29,34-35,56H,11-24,26,28H2,(H,49,50,52)(H,51,57,58)/t34-,35-. The van der Waals surface area contributed by atoms with Gasteiger partial charge in [-0.2, -0.15) is 18.2 Å². The summed E-state index contributed by atoms with van der Waals surface area (Å²) in [5.41, 5.74) is 6.01. The number of fused-ring (bicyclic) bond motifs is 2. The molecule has 2 amide bonds. The number of anilines is 1. The number of amides is 2. The van der Waals surface area contributed by atoms with Crippen molar-refractivity contribution in [3.8, 4) is 22.6 Å². The van der Waals surface area contributed by atoms with Gasteiger partial charge in [-0.3, -0.25) is 24.7 Å². The Bertz CT molecular complexity index is 2280. The molecule has 0 atom stereocenters. The number of alkyl halides is 3. The molecule has 2 aromatic heterocycles. The second-order valence-corrected chi connectivity index (χ2v) is 15.9. The Morgan fingerprint density at radius 3 is 2.45 bits per heavy atom. The fraction of sp³-hybridized carbons (Fsp3) is 0.422. The van der Waals surface area contributed by atoms with E-state index in [4.69, 9.17) is 9.47 Å². The van der Waals surface area contributed by atoms with Crippen molar-refractivity contribution in [2.45, 2.75) is 69.8 Å². The van der Waals surface area contributed by atoms with Gasteiger partial charge in [0.1, 0.15) is 17.1 Å². The Hall–Kier alpha value is -5.35. The second-order valence-electron chi connectivity index (χ2n) is 15.9. The molecule has 3 aliphatic rings. The first-order valence-corrected chi connectivity index (χ1v) is 20.8. The molecule has 8 rings (SSSR count). The quantitative estimate of drug-likeness (QED) is 0.0755. The van der Waals surface area contributed by atoms with Gasteiger partial charge in [-0.25, -0.2) is 4.98 Å². The summed E-state index contributed by atoms with van der Waals surface area (Å²) in [5, 5.41) is 16.1. The van der Waals surface area contributed by atoms with Gasteiger partial charge in [0.15, 0.2) is 0 Å². The molecule has 3 aromatic carbocycles.